The van der Waals surface area contributed by atoms with Crippen molar-refractivity contribution >= 4 is 29.1 Å². The van der Waals surface area contributed by atoms with Gasteiger partial charge in [0, 0.05) is 43.5 Å². The van der Waals surface area contributed by atoms with Gasteiger partial charge in [-0.25, -0.2) is 18.6 Å². The molecule has 34 heavy (non-hydrogen) atoms. The molecule has 0 saturated carbocycles. The fourth-order valence-electron chi connectivity index (χ4n) is 3.87. The quantitative estimate of drug-likeness (QED) is 0.587. The van der Waals surface area contributed by atoms with Gasteiger partial charge in [0.15, 0.2) is 0 Å². The zero-order valence-electron chi connectivity index (χ0n) is 18.7. The van der Waals surface area contributed by atoms with Crippen LogP contribution in [0.3, 0.4) is 0 Å². The Morgan fingerprint density at radius 3 is 2.35 bits per heavy atom. The number of anilines is 3. The maximum Gasteiger partial charge on any atom is 0.323 e. The number of hydrogen-bond donors (Lipinski definition) is 2. The van der Waals surface area contributed by atoms with Gasteiger partial charge in [-0.15, -0.1) is 0 Å². The third kappa shape index (κ3) is 5.86. The van der Waals surface area contributed by atoms with E-state index in [-0.39, 0.29) is 11.6 Å². The number of amides is 3. The predicted octanol–water partition coefficient (Wildman–Crippen LogP) is 4.66. The first-order valence-corrected chi connectivity index (χ1v) is 11.0. The van der Waals surface area contributed by atoms with E-state index in [2.05, 4.69) is 15.6 Å². The zero-order chi connectivity index (χ0) is 24.1. The van der Waals surface area contributed by atoms with Gasteiger partial charge in [0.05, 0.1) is 11.9 Å². The van der Waals surface area contributed by atoms with Gasteiger partial charge >= 0.3 is 6.03 Å². The monoisotopic (exact) mass is 465 g/mol. The molecule has 0 bridgehead atoms. The van der Waals surface area contributed by atoms with E-state index in [1.54, 1.807) is 17.2 Å². The summed E-state index contributed by atoms with van der Waals surface area (Å²) in [6.07, 6.45) is 2.26. The minimum atomic E-state index is -0.773. The van der Waals surface area contributed by atoms with Crippen LogP contribution >= 0.6 is 0 Å². The highest BCUT2D eigenvalue weighted by molar-refractivity contribution is 5.99. The fraction of sp³-hybridized carbons (Fsp3) is 0.240. The number of rotatable bonds is 4. The average Bonchev–Trinajstić information content (AvgIpc) is 3.05. The van der Waals surface area contributed by atoms with Gasteiger partial charge in [0.2, 0.25) is 0 Å². The van der Waals surface area contributed by atoms with Crippen LogP contribution in [0.15, 0.2) is 60.8 Å². The molecule has 176 valence electrons. The molecule has 0 radical (unpaired) electrons. The first-order chi connectivity index (χ1) is 16.4. The molecule has 7 nitrogen and oxygen atoms in total. The van der Waals surface area contributed by atoms with Crippen LogP contribution < -0.4 is 15.5 Å². The van der Waals surface area contributed by atoms with Crippen LogP contribution in [0.25, 0.3) is 0 Å². The van der Waals surface area contributed by atoms with E-state index in [0.717, 1.165) is 29.6 Å². The number of benzene rings is 2. The second-order valence-corrected chi connectivity index (χ2v) is 8.14. The SMILES string of the molecule is Cc1cccc(NC(=O)Nc2ccc(N3CCCN(C(=O)c4cc(F)cc(F)c4)CC3)nc2)c1. The van der Waals surface area contributed by atoms with E-state index in [0.29, 0.717) is 44.0 Å². The van der Waals surface area contributed by atoms with Gasteiger partial charge in [-0.1, -0.05) is 12.1 Å². The number of carbonyl (C=O) groups excluding carboxylic acids is 2. The van der Waals surface area contributed by atoms with Crippen LogP contribution in [0.5, 0.6) is 0 Å². The van der Waals surface area contributed by atoms with Gasteiger partial charge in [-0.2, -0.15) is 0 Å². The minimum absolute atomic E-state index is 0.00319. The predicted molar refractivity (Wildman–Crippen MR) is 127 cm³/mol. The summed E-state index contributed by atoms with van der Waals surface area (Å²) in [5.74, 6) is -1.22. The lowest BCUT2D eigenvalue weighted by atomic mass is 10.2. The van der Waals surface area contributed by atoms with Crippen molar-refractivity contribution in [1.82, 2.24) is 9.88 Å². The first kappa shape index (κ1) is 23.2. The van der Waals surface area contributed by atoms with Crippen molar-refractivity contribution in [2.24, 2.45) is 0 Å². The van der Waals surface area contributed by atoms with Crippen molar-refractivity contribution in [1.29, 1.82) is 0 Å². The van der Waals surface area contributed by atoms with E-state index in [1.165, 1.54) is 0 Å². The summed E-state index contributed by atoms with van der Waals surface area (Å²) in [5, 5.41) is 5.54. The molecule has 0 spiro atoms. The lowest BCUT2D eigenvalue weighted by Crippen LogP contribution is -2.35. The normalized spacial score (nSPS) is 13.9. The van der Waals surface area contributed by atoms with E-state index in [1.807, 2.05) is 42.2 Å². The molecular formula is C25H25F2N5O2. The second kappa shape index (κ2) is 10.3. The molecule has 9 heteroatoms. The highest BCUT2D eigenvalue weighted by Gasteiger charge is 2.22. The van der Waals surface area contributed by atoms with Crippen molar-refractivity contribution in [2.75, 3.05) is 41.7 Å². The third-order valence-electron chi connectivity index (χ3n) is 5.50. The summed E-state index contributed by atoms with van der Waals surface area (Å²) < 4.78 is 27.0. The molecule has 2 heterocycles. The summed E-state index contributed by atoms with van der Waals surface area (Å²) >= 11 is 0. The van der Waals surface area contributed by atoms with E-state index in [4.69, 9.17) is 0 Å². The van der Waals surface area contributed by atoms with Gasteiger partial charge in [-0.3, -0.25) is 4.79 Å². The Bertz CT molecular complexity index is 1170. The Kier molecular flexibility index (Phi) is 7.01. The Balaban J connectivity index is 1.34. The Morgan fingerprint density at radius 1 is 0.882 bits per heavy atom. The van der Waals surface area contributed by atoms with Crippen LogP contribution in [0.2, 0.25) is 0 Å². The maximum atomic E-state index is 13.5. The van der Waals surface area contributed by atoms with Gasteiger partial charge < -0.3 is 20.4 Å². The number of nitrogens with one attached hydrogen (secondary N) is 2. The highest BCUT2D eigenvalue weighted by Crippen LogP contribution is 2.19. The van der Waals surface area contributed by atoms with E-state index >= 15 is 0 Å². The molecule has 1 aromatic heterocycles. The van der Waals surface area contributed by atoms with Gasteiger partial charge in [0.1, 0.15) is 17.5 Å². The molecule has 0 aliphatic carbocycles. The van der Waals surface area contributed by atoms with E-state index in [9.17, 15) is 18.4 Å². The summed E-state index contributed by atoms with van der Waals surface area (Å²) in [6.45, 7) is 4.03. The molecule has 1 fully saturated rings. The smallest absolute Gasteiger partial charge is 0.323 e. The molecule has 1 aliphatic heterocycles. The summed E-state index contributed by atoms with van der Waals surface area (Å²) in [7, 11) is 0. The molecule has 3 amide bonds. The largest absolute Gasteiger partial charge is 0.355 e. The highest BCUT2D eigenvalue weighted by atomic mass is 19.1. The standard InChI is InChI=1S/C25H25F2N5O2/c1-17-4-2-5-21(12-17)29-25(34)30-22-6-7-23(28-16-22)31-8-3-9-32(11-10-31)24(33)18-13-19(26)15-20(27)14-18/h2,4-7,12-16H,3,8-11H2,1H3,(H2,29,30,34). The summed E-state index contributed by atoms with van der Waals surface area (Å²) in [6, 6.07) is 13.6. The minimum Gasteiger partial charge on any atom is -0.355 e. The number of nitrogens with zero attached hydrogens (tertiary/aromatic N) is 3. The zero-order valence-corrected chi connectivity index (χ0v) is 18.7. The Hall–Kier alpha value is -4.01. The molecular weight excluding hydrogens is 440 g/mol. The number of pyridine rings is 1. The van der Waals surface area contributed by atoms with Crippen molar-refractivity contribution in [3.05, 3.63) is 83.6 Å². The number of aryl methyl sites for hydroxylation is 1. The third-order valence-corrected chi connectivity index (χ3v) is 5.50. The van der Waals surface area contributed by atoms with Crippen molar-refractivity contribution in [3.8, 4) is 0 Å². The number of aromatic nitrogens is 1. The van der Waals surface area contributed by atoms with Crippen LogP contribution in [-0.2, 0) is 0 Å². The lowest BCUT2D eigenvalue weighted by molar-refractivity contribution is 0.0766. The number of urea groups is 1. The fourth-order valence-corrected chi connectivity index (χ4v) is 3.87. The van der Waals surface area contributed by atoms with Gasteiger partial charge in [0.25, 0.3) is 5.91 Å². The van der Waals surface area contributed by atoms with Crippen LogP contribution in [0.4, 0.5) is 30.8 Å². The van der Waals surface area contributed by atoms with E-state index < -0.39 is 17.5 Å². The molecule has 2 aromatic carbocycles. The molecule has 1 aliphatic rings. The maximum absolute atomic E-state index is 13.5. The number of hydrogen-bond acceptors (Lipinski definition) is 4. The summed E-state index contributed by atoms with van der Waals surface area (Å²) in [4.78, 5) is 33.0. The Labute approximate surface area is 196 Å². The molecule has 3 aromatic rings. The summed E-state index contributed by atoms with van der Waals surface area (Å²) in [5.41, 5.74) is 2.30. The van der Waals surface area contributed by atoms with Gasteiger partial charge in [-0.05, 0) is 55.3 Å². The molecule has 1 saturated heterocycles. The number of carbonyl (C=O) groups is 2. The first-order valence-electron chi connectivity index (χ1n) is 11.0. The second-order valence-electron chi connectivity index (χ2n) is 8.14. The van der Waals surface area contributed by atoms with Crippen molar-refractivity contribution in [3.63, 3.8) is 0 Å². The molecule has 4 rings (SSSR count). The number of halogens is 2. The molecule has 0 atom stereocenters. The van der Waals surface area contributed by atoms with Crippen LogP contribution in [0, 0.1) is 18.6 Å². The average molecular weight is 466 g/mol. The lowest BCUT2D eigenvalue weighted by Gasteiger charge is -2.23. The Morgan fingerprint density at radius 2 is 1.65 bits per heavy atom. The molecule has 2 N–H and O–H groups in total. The van der Waals surface area contributed by atoms with Crippen molar-refractivity contribution < 1.29 is 18.4 Å². The van der Waals surface area contributed by atoms with Crippen LogP contribution in [0.1, 0.15) is 22.3 Å². The molecule has 0 unspecified atom stereocenters. The van der Waals surface area contributed by atoms with Crippen molar-refractivity contribution in [2.45, 2.75) is 13.3 Å². The topological polar surface area (TPSA) is 77.6 Å². The van der Waals surface area contributed by atoms with Crippen LogP contribution in [-0.4, -0.2) is 48.0 Å².